The first-order valence-electron chi connectivity index (χ1n) is 32.3. The minimum absolute atomic E-state index is 0.0379. The van der Waals surface area contributed by atoms with Gasteiger partial charge in [0.15, 0.2) is 0 Å². The van der Waals surface area contributed by atoms with Crippen molar-refractivity contribution in [3.8, 4) is 34.4 Å². The molecule has 540 valence electrons. The van der Waals surface area contributed by atoms with Crippen LogP contribution in [0.1, 0.15) is 44.5 Å². The van der Waals surface area contributed by atoms with E-state index < -0.39 is 60.2 Å². The molecule has 0 atom stereocenters. The van der Waals surface area contributed by atoms with Gasteiger partial charge in [0.1, 0.15) is 22.3 Å². The summed E-state index contributed by atoms with van der Waals surface area (Å²) in [7, 11) is 6.90. The molecule has 4 nitrogen and oxygen atoms in total. The molecule has 16 aromatic rings. The molecule has 0 aliphatic heterocycles. The van der Waals surface area contributed by atoms with Crippen LogP contribution in [0, 0.1) is 36.5 Å². The van der Waals surface area contributed by atoms with Gasteiger partial charge in [0.25, 0.3) is 0 Å². The van der Waals surface area contributed by atoms with Crippen molar-refractivity contribution in [3.05, 3.63) is 340 Å². The molecule has 0 bridgehead atoms. The van der Waals surface area contributed by atoms with Crippen LogP contribution in [0.3, 0.4) is 0 Å². The van der Waals surface area contributed by atoms with Crippen LogP contribution in [-0.4, -0.2) is 0 Å². The molecule has 107 heavy (non-hydrogen) atoms. The number of fused-ring (bicyclic) bond motifs is 13. The zero-order valence-electron chi connectivity index (χ0n) is 55.9. The molecule has 2 aromatic heterocycles. The van der Waals surface area contributed by atoms with E-state index in [4.69, 9.17) is 38.4 Å². The van der Waals surface area contributed by atoms with Gasteiger partial charge in [-0.05, 0) is 183 Å². The van der Waals surface area contributed by atoms with Crippen molar-refractivity contribution >= 4 is 135 Å². The minimum Gasteiger partial charge on any atom is -0.455 e. The molecule has 0 unspecified atom stereocenters. The summed E-state index contributed by atoms with van der Waals surface area (Å²) in [5.41, 5.74) is 3.83. The number of nitriles is 2. The number of furan rings is 2. The van der Waals surface area contributed by atoms with Crippen LogP contribution in [0.2, 0.25) is 0 Å². The zero-order valence-corrected chi connectivity index (χ0v) is 61.4. The Morgan fingerprint density at radius 1 is 0.327 bits per heavy atom. The van der Waals surface area contributed by atoms with Gasteiger partial charge in [-0.25, -0.2) is 0 Å². The fourth-order valence-corrected chi connectivity index (χ4v) is 15.5. The van der Waals surface area contributed by atoms with E-state index in [2.05, 4.69) is 162 Å². The summed E-state index contributed by atoms with van der Waals surface area (Å²) >= 11 is 3.59. The molecule has 0 aliphatic rings. The fourth-order valence-electron chi connectivity index (χ4n) is 12.4. The Bertz CT molecular complexity index is 5770. The molecule has 14 aromatic carbocycles. The Labute approximate surface area is 631 Å². The molecule has 0 spiro atoms. The Hall–Kier alpha value is -10.2. The van der Waals surface area contributed by atoms with Gasteiger partial charge in [-0.2, -0.15) is 63.2 Å². The number of benzene rings is 14. The summed E-state index contributed by atoms with van der Waals surface area (Å²) < 4.78 is 176. The van der Waals surface area contributed by atoms with Gasteiger partial charge in [-0.3, -0.25) is 0 Å². The van der Waals surface area contributed by atoms with E-state index in [-0.39, 0.29) is 43.7 Å². The summed E-state index contributed by atoms with van der Waals surface area (Å²) in [5, 5.41) is 27.4. The summed E-state index contributed by atoms with van der Waals surface area (Å²) in [5.74, 6) is 0. The molecule has 0 saturated carbocycles. The van der Waals surface area contributed by atoms with Crippen LogP contribution in [-0.2, 0) is 40.6 Å². The van der Waals surface area contributed by atoms with Crippen molar-refractivity contribution < 1.29 is 77.5 Å². The van der Waals surface area contributed by atoms with Crippen molar-refractivity contribution in [1.82, 2.24) is 0 Å². The standard InChI is InChI=1S/C24H15BrO.C24H15F12P.C24H14O.2C7H5N.2ClH.Pd/c25-22-14-5-3-10-18(22)16-8-1-2-9-17(16)20-12-7-13-21-19-11-4-6-15-23(19)26-24(20)21;1-12-3-14(21(25,26)27)8-18(5-12)37(19-6-13(2)4-15(9-19)22(28,29)30)20-10-16(23(31,32)33)7-17(11-20)24(34,35)36;1-2-9-17-15(7-1)16-8-3-4-11-19(16)23-20(17)13-14-21-18-10-5-6-12-22(18)25-24(21)23;2*8-6-7-4-2-1-3-5-7;;;/h1-15H;3-11H,1-2H3;1-14H;2*1-5H;2*1H;/q;;;;;;;+2/p-2. The maximum absolute atomic E-state index is 13.5. The SMILES string of the molecule is Brc1ccccc1-c1ccccc1-c1cccc2c1oc1ccccc12.Cc1cc(P(c2cc(C)cc(C(F)(F)F)c2)c2cc(C(F)(F)F)cc(C(F)(F)F)c2)cc(C(F)(F)F)c1.N#Cc1ccccc1.N#Cc1ccccc1.[Cl][Pd][Cl].c1ccc2c(c1)oc1c2ccc2c3ccccc3c3ccccc3c21. The number of alkyl halides is 12. The van der Waals surface area contributed by atoms with Crippen molar-refractivity contribution in [2.24, 2.45) is 0 Å². The summed E-state index contributed by atoms with van der Waals surface area (Å²) in [6, 6.07) is 88.9. The topological polar surface area (TPSA) is 73.9 Å². The van der Waals surface area contributed by atoms with Gasteiger partial charge >= 0.3 is 59.7 Å². The molecule has 0 saturated heterocycles. The van der Waals surface area contributed by atoms with Crippen LogP contribution < -0.4 is 15.9 Å². The average molecular weight is 1660 g/mol. The number of hydrogen-bond acceptors (Lipinski definition) is 4. The molecule has 0 radical (unpaired) electrons. The molecule has 2 heterocycles. The van der Waals surface area contributed by atoms with E-state index in [1.54, 1.807) is 24.3 Å². The van der Waals surface area contributed by atoms with Crippen LogP contribution in [0.5, 0.6) is 0 Å². The van der Waals surface area contributed by atoms with Crippen molar-refractivity contribution in [1.29, 1.82) is 10.5 Å². The fraction of sp³-hybridized carbons (Fsp3) is 0.0698. The number of para-hydroxylation sites is 3. The van der Waals surface area contributed by atoms with Crippen LogP contribution in [0.25, 0.3) is 98.4 Å². The third kappa shape index (κ3) is 18.2. The van der Waals surface area contributed by atoms with Crippen LogP contribution in [0.4, 0.5) is 52.7 Å². The molecular weight excluding hydrogens is 1610 g/mol. The molecule has 0 amide bonds. The number of rotatable bonds is 5. The van der Waals surface area contributed by atoms with Crippen molar-refractivity contribution in [2.75, 3.05) is 0 Å². The number of aryl methyl sites for hydroxylation is 2. The van der Waals surface area contributed by atoms with E-state index in [1.165, 1.54) is 73.6 Å². The molecule has 16 rings (SSSR count). The second-order valence-electron chi connectivity index (χ2n) is 24.1. The zero-order chi connectivity index (χ0) is 76.4. The van der Waals surface area contributed by atoms with E-state index >= 15 is 0 Å². The van der Waals surface area contributed by atoms with Gasteiger partial charge in [-0.15, -0.1) is 0 Å². The number of hydrogen-bond donors (Lipinski definition) is 0. The van der Waals surface area contributed by atoms with Gasteiger partial charge in [0.2, 0.25) is 0 Å². The van der Waals surface area contributed by atoms with E-state index in [1.807, 2.05) is 78.9 Å². The Balaban J connectivity index is 0.000000144. The minimum atomic E-state index is -5.27. The van der Waals surface area contributed by atoms with E-state index in [0.717, 1.165) is 55.3 Å². The summed E-state index contributed by atoms with van der Waals surface area (Å²) in [6.45, 7) is 2.44. The first-order valence-corrected chi connectivity index (χ1v) is 38.4. The monoisotopic (exact) mass is 1660 g/mol. The predicted molar refractivity (Wildman–Crippen MR) is 407 cm³/mol. The summed E-state index contributed by atoms with van der Waals surface area (Å²) in [4.78, 5) is 0. The van der Waals surface area contributed by atoms with Crippen molar-refractivity contribution in [3.63, 3.8) is 0 Å². The maximum atomic E-state index is 13.5. The van der Waals surface area contributed by atoms with Gasteiger partial charge in [0, 0.05) is 37.0 Å². The Kier molecular flexibility index (Phi) is 24.5. The quantitative estimate of drug-likeness (QED) is 0.0745. The number of halogens is 15. The third-order valence-electron chi connectivity index (χ3n) is 17.0. The van der Waals surface area contributed by atoms with Gasteiger partial charge in [-0.1, -0.05) is 216 Å². The Morgan fingerprint density at radius 3 is 1.07 bits per heavy atom. The normalized spacial score (nSPS) is 11.6. The first kappa shape index (κ1) is 77.8. The van der Waals surface area contributed by atoms with Gasteiger partial charge in [0.05, 0.1) is 45.5 Å². The summed E-state index contributed by atoms with van der Waals surface area (Å²) in [6.07, 6.45) is -20.4. The number of nitrogens with zero attached hydrogens (tertiary/aromatic N) is 2. The molecule has 0 N–H and O–H groups in total. The molecule has 0 aliphatic carbocycles. The third-order valence-corrected chi connectivity index (χ3v) is 20.0. The molecule has 0 fully saturated rings. The molecule has 21 heteroatoms. The average Bonchev–Trinajstić information content (AvgIpc) is 1.66. The predicted octanol–water partition coefficient (Wildman–Crippen LogP) is 27.4. The Morgan fingerprint density at radius 2 is 0.636 bits per heavy atom. The smallest absolute Gasteiger partial charge is 0.143 e. The second kappa shape index (κ2) is 33.7. The molecular formula is C86H54BrCl2F12N2O2PPd. The van der Waals surface area contributed by atoms with E-state index in [0.29, 0.717) is 47.5 Å². The van der Waals surface area contributed by atoms with Gasteiger partial charge < -0.3 is 8.83 Å². The van der Waals surface area contributed by atoms with Crippen LogP contribution in [0.15, 0.2) is 304 Å². The van der Waals surface area contributed by atoms with E-state index in [9.17, 15) is 52.7 Å². The largest absolute Gasteiger partial charge is 0.455 e. The maximum Gasteiger partial charge on any atom is 0.143 e. The van der Waals surface area contributed by atoms with Crippen molar-refractivity contribution in [2.45, 2.75) is 38.6 Å². The second-order valence-corrected chi connectivity index (χ2v) is 29.5. The van der Waals surface area contributed by atoms with Crippen LogP contribution >= 0.6 is 42.9 Å². The first-order chi connectivity index (χ1) is 51.2.